The zero-order chi connectivity index (χ0) is 16.0. The molecule has 1 amide bonds. The molecule has 0 radical (unpaired) electrons. The van der Waals surface area contributed by atoms with Crippen molar-refractivity contribution in [1.82, 2.24) is 5.32 Å². The summed E-state index contributed by atoms with van der Waals surface area (Å²) >= 11 is 1.61. The van der Waals surface area contributed by atoms with Crippen LogP contribution in [0.2, 0.25) is 0 Å². The second kappa shape index (κ2) is 9.28. The molecule has 1 heterocycles. The molecule has 0 fully saturated rings. The molecule has 0 aliphatic rings. The van der Waals surface area contributed by atoms with E-state index in [0.717, 1.165) is 28.2 Å². The van der Waals surface area contributed by atoms with E-state index < -0.39 is 0 Å². The molecule has 1 aromatic rings. The van der Waals surface area contributed by atoms with E-state index >= 15 is 0 Å². The molecule has 0 spiro atoms. The van der Waals surface area contributed by atoms with E-state index in [-0.39, 0.29) is 42.5 Å². The third-order valence-corrected chi connectivity index (χ3v) is 5.04. The normalized spacial score (nSPS) is 11.0. The minimum atomic E-state index is -0.338. The van der Waals surface area contributed by atoms with Crippen LogP contribution in [0.4, 0.5) is 0 Å². The Labute approximate surface area is 143 Å². The standard InChI is InChI=1S/C16H26N2O2S.ClH/c1-5-16(6-2,10-17)18-15(20)8-7-14(19)13-9-11(3)21-12(13)4;/h9H,5-8,10,17H2,1-4H3,(H,18,20);1H. The van der Waals surface area contributed by atoms with Gasteiger partial charge in [0.15, 0.2) is 5.78 Å². The summed E-state index contributed by atoms with van der Waals surface area (Å²) in [5.74, 6) is -0.0551. The Hall–Kier alpha value is -0.910. The molecule has 1 aromatic heterocycles. The molecular weight excluding hydrogens is 320 g/mol. The molecule has 22 heavy (non-hydrogen) atoms. The molecule has 0 saturated carbocycles. The number of amides is 1. The van der Waals surface area contributed by atoms with Crippen LogP contribution in [0.15, 0.2) is 6.07 Å². The van der Waals surface area contributed by atoms with E-state index in [1.165, 1.54) is 0 Å². The second-order valence-electron chi connectivity index (χ2n) is 5.49. The van der Waals surface area contributed by atoms with Crippen molar-refractivity contribution < 1.29 is 9.59 Å². The first-order valence-corrected chi connectivity index (χ1v) is 8.30. The highest BCUT2D eigenvalue weighted by atomic mass is 35.5. The van der Waals surface area contributed by atoms with Crippen molar-refractivity contribution in [3.63, 3.8) is 0 Å². The zero-order valence-electron chi connectivity index (χ0n) is 13.8. The van der Waals surface area contributed by atoms with E-state index in [1.807, 2.05) is 33.8 Å². The number of carbonyl (C=O) groups excluding carboxylic acids is 2. The van der Waals surface area contributed by atoms with Crippen LogP contribution in [0, 0.1) is 13.8 Å². The molecular formula is C16H27ClN2O2S. The van der Waals surface area contributed by atoms with Crippen molar-refractivity contribution in [2.45, 2.75) is 58.9 Å². The van der Waals surface area contributed by atoms with Gasteiger partial charge in [0.05, 0.1) is 5.54 Å². The third-order valence-electron chi connectivity index (χ3n) is 4.07. The number of rotatable bonds is 8. The predicted octanol–water partition coefficient (Wildman–Crippen LogP) is 3.38. The number of aryl methyl sites for hydroxylation is 2. The Bertz CT molecular complexity index is 502. The van der Waals surface area contributed by atoms with E-state index in [9.17, 15) is 9.59 Å². The molecule has 0 bridgehead atoms. The molecule has 126 valence electrons. The number of Topliss-reactive ketones (excluding diaryl/α,β-unsaturated/α-hetero) is 1. The number of hydrogen-bond acceptors (Lipinski definition) is 4. The van der Waals surface area contributed by atoms with E-state index in [1.54, 1.807) is 11.3 Å². The van der Waals surface area contributed by atoms with Crippen molar-refractivity contribution in [2.75, 3.05) is 6.54 Å². The van der Waals surface area contributed by atoms with Crippen molar-refractivity contribution in [2.24, 2.45) is 5.73 Å². The van der Waals surface area contributed by atoms with Crippen LogP contribution in [-0.4, -0.2) is 23.8 Å². The highest BCUT2D eigenvalue weighted by molar-refractivity contribution is 7.12. The van der Waals surface area contributed by atoms with Crippen LogP contribution in [0.3, 0.4) is 0 Å². The molecule has 4 nitrogen and oxygen atoms in total. The summed E-state index contributed by atoms with van der Waals surface area (Å²) in [5.41, 5.74) is 6.18. The number of carbonyl (C=O) groups is 2. The second-order valence-corrected chi connectivity index (χ2v) is 6.95. The van der Waals surface area contributed by atoms with Crippen LogP contribution in [0.5, 0.6) is 0 Å². The maximum absolute atomic E-state index is 12.2. The largest absolute Gasteiger partial charge is 0.349 e. The van der Waals surface area contributed by atoms with Crippen molar-refractivity contribution in [3.8, 4) is 0 Å². The first-order chi connectivity index (χ1) is 9.87. The Morgan fingerprint density at radius 3 is 2.23 bits per heavy atom. The smallest absolute Gasteiger partial charge is 0.220 e. The summed E-state index contributed by atoms with van der Waals surface area (Å²) in [4.78, 5) is 26.4. The van der Waals surface area contributed by atoms with Crippen LogP contribution in [0.1, 0.15) is 59.6 Å². The van der Waals surface area contributed by atoms with Crippen LogP contribution >= 0.6 is 23.7 Å². The Morgan fingerprint density at radius 2 is 1.82 bits per heavy atom. The van der Waals surface area contributed by atoms with E-state index in [2.05, 4.69) is 5.32 Å². The fraction of sp³-hybridized carbons (Fsp3) is 0.625. The molecule has 3 N–H and O–H groups in total. The van der Waals surface area contributed by atoms with Crippen molar-refractivity contribution >= 4 is 35.4 Å². The summed E-state index contributed by atoms with van der Waals surface area (Å²) in [7, 11) is 0. The number of halogens is 1. The highest BCUT2D eigenvalue weighted by Gasteiger charge is 2.26. The maximum Gasteiger partial charge on any atom is 0.220 e. The molecule has 0 aliphatic heterocycles. The van der Waals surface area contributed by atoms with Gasteiger partial charge in [-0.2, -0.15) is 0 Å². The van der Waals surface area contributed by atoms with Gasteiger partial charge < -0.3 is 11.1 Å². The van der Waals surface area contributed by atoms with Gasteiger partial charge in [-0.1, -0.05) is 13.8 Å². The molecule has 1 rings (SSSR count). The van der Waals surface area contributed by atoms with Gasteiger partial charge >= 0.3 is 0 Å². The van der Waals surface area contributed by atoms with Crippen LogP contribution in [0.25, 0.3) is 0 Å². The lowest BCUT2D eigenvalue weighted by atomic mass is 9.92. The average Bonchev–Trinajstić information content (AvgIpc) is 2.81. The zero-order valence-corrected chi connectivity index (χ0v) is 15.5. The highest BCUT2D eigenvalue weighted by Crippen LogP contribution is 2.22. The minimum Gasteiger partial charge on any atom is -0.349 e. The average molecular weight is 347 g/mol. The lowest BCUT2D eigenvalue weighted by Crippen LogP contribution is -2.52. The Balaban J connectivity index is 0.00000441. The SMILES string of the molecule is CCC(CC)(CN)NC(=O)CCC(=O)c1cc(C)sc1C.Cl. The summed E-state index contributed by atoms with van der Waals surface area (Å²) in [6.45, 7) is 8.37. The van der Waals surface area contributed by atoms with Gasteiger partial charge in [0.1, 0.15) is 0 Å². The summed E-state index contributed by atoms with van der Waals surface area (Å²) in [6.07, 6.45) is 2.05. The minimum absolute atomic E-state index is 0. The summed E-state index contributed by atoms with van der Waals surface area (Å²) in [5, 5.41) is 2.99. The van der Waals surface area contributed by atoms with Crippen molar-refractivity contribution in [1.29, 1.82) is 0 Å². The van der Waals surface area contributed by atoms with Gasteiger partial charge in [-0.05, 0) is 32.8 Å². The van der Waals surface area contributed by atoms with Gasteiger partial charge in [0.25, 0.3) is 0 Å². The Kier molecular flexibility index (Phi) is 8.89. The molecule has 6 heteroatoms. The molecule has 0 atom stereocenters. The first kappa shape index (κ1) is 21.1. The van der Waals surface area contributed by atoms with Gasteiger partial charge in [0.2, 0.25) is 5.91 Å². The van der Waals surface area contributed by atoms with Crippen molar-refractivity contribution in [3.05, 3.63) is 21.4 Å². The van der Waals surface area contributed by atoms with Gasteiger partial charge in [-0.15, -0.1) is 23.7 Å². The first-order valence-electron chi connectivity index (χ1n) is 7.48. The number of ketones is 1. The number of nitrogens with one attached hydrogen (secondary N) is 1. The molecule has 0 saturated heterocycles. The van der Waals surface area contributed by atoms with Gasteiger partial charge in [0, 0.05) is 34.7 Å². The Morgan fingerprint density at radius 1 is 1.23 bits per heavy atom. The van der Waals surface area contributed by atoms with Gasteiger partial charge in [-0.25, -0.2) is 0 Å². The van der Waals surface area contributed by atoms with E-state index in [0.29, 0.717) is 6.54 Å². The topological polar surface area (TPSA) is 72.2 Å². The number of nitrogens with two attached hydrogens (primary N) is 1. The fourth-order valence-electron chi connectivity index (χ4n) is 2.39. The quantitative estimate of drug-likeness (QED) is 0.709. The van der Waals surface area contributed by atoms with Gasteiger partial charge in [-0.3, -0.25) is 9.59 Å². The number of thiophene rings is 1. The van der Waals surface area contributed by atoms with Crippen LogP contribution in [-0.2, 0) is 4.79 Å². The fourth-order valence-corrected chi connectivity index (χ4v) is 3.34. The third kappa shape index (κ3) is 5.38. The lowest BCUT2D eigenvalue weighted by molar-refractivity contribution is -0.123. The molecule has 0 aliphatic carbocycles. The molecule has 0 unspecified atom stereocenters. The van der Waals surface area contributed by atoms with Crippen LogP contribution < -0.4 is 11.1 Å². The lowest BCUT2D eigenvalue weighted by Gasteiger charge is -2.31. The maximum atomic E-state index is 12.2. The van der Waals surface area contributed by atoms with E-state index in [4.69, 9.17) is 5.73 Å². The summed E-state index contributed by atoms with van der Waals surface area (Å²) in [6, 6.07) is 1.91. The number of hydrogen-bond donors (Lipinski definition) is 2. The predicted molar refractivity (Wildman–Crippen MR) is 95.1 cm³/mol. The monoisotopic (exact) mass is 346 g/mol. The molecule has 0 aromatic carbocycles. The summed E-state index contributed by atoms with van der Waals surface area (Å²) < 4.78 is 0.